The van der Waals surface area contributed by atoms with E-state index in [1.807, 2.05) is 58.0 Å². The molecule has 0 heterocycles. The first kappa shape index (κ1) is 22.6. The largest absolute Gasteiger partial charge is 0.480 e. The highest BCUT2D eigenvalue weighted by Crippen LogP contribution is 2.08. The lowest BCUT2D eigenvalue weighted by Crippen LogP contribution is -2.56. The van der Waals surface area contributed by atoms with Gasteiger partial charge >= 0.3 is 5.97 Å². The Kier molecular flexibility index (Phi) is 8.94. The lowest BCUT2D eigenvalue weighted by molar-refractivity contribution is -0.142. The maximum atomic E-state index is 12.7. The Bertz CT molecular complexity index is 631. The van der Waals surface area contributed by atoms with Crippen LogP contribution < -0.4 is 16.4 Å². The molecule has 0 aliphatic carbocycles. The van der Waals surface area contributed by atoms with Crippen molar-refractivity contribution in [3.63, 3.8) is 0 Å². The average molecular weight is 377 g/mol. The van der Waals surface area contributed by atoms with Crippen LogP contribution in [0, 0.1) is 11.8 Å². The molecule has 27 heavy (non-hydrogen) atoms. The van der Waals surface area contributed by atoms with Crippen LogP contribution in [0.3, 0.4) is 0 Å². The van der Waals surface area contributed by atoms with E-state index >= 15 is 0 Å². The number of hydrogen-bond acceptors (Lipinski definition) is 4. The molecule has 2 amide bonds. The van der Waals surface area contributed by atoms with Crippen molar-refractivity contribution >= 4 is 17.8 Å². The summed E-state index contributed by atoms with van der Waals surface area (Å²) >= 11 is 0. The second kappa shape index (κ2) is 10.7. The zero-order chi connectivity index (χ0) is 20.6. The normalized spacial score (nSPS) is 14.5. The fourth-order valence-electron chi connectivity index (χ4n) is 2.59. The molecule has 0 fully saturated rings. The minimum Gasteiger partial charge on any atom is -0.480 e. The van der Waals surface area contributed by atoms with Crippen LogP contribution in [0.1, 0.15) is 39.7 Å². The standard InChI is InChI=1S/C20H31N3O4/c1-12(2)10-16(20(26)27)23-18(24)15(11-14-8-6-5-7-9-14)22-19(25)17(21)13(3)4/h5-9,12-13,15-17H,10-11,21H2,1-4H3,(H,22,25)(H,23,24)(H,26,27)/t15-,16-,17-/m0/s1. The van der Waals surface area contributed by atoms with Crippen molar-refractivity contribution in [3.8, 4) is 0 Å². The van der Waals surface area contributed by atoms with Crippen LogP contribution in [-0.4, -0.2) is 41.0 Å². The van der Waals surface area contributed by atoms with Gasteiger partial charge in [-0.1, -0.05) is 58.0 Å². The Labute approximate surface area is 160 Å². The van der Waals surface area contributed by atoms with E-state index in [1.54, 1.807) is 0 Å². The van der Waals surface area contributed by atoms with Gasteiger partial charge in [0, 0.05) is 6.42 Å². The van der Waals surface area contributed by atoms with E-state index < -0.39 is 35.9 Å². The molecule has 0 aromatic heterocycles. The molecular weight excluding hydrogens is 346 g/mol. The molecule has 0 bridgehead atoms. The van der Waals surface area contributed by atoms with Crippen LogP contribution in [-0.2, 0) is 20.8 Å². The maximum absolute atomic E-state index is 12.7. The SMILES string of the molecule is CC(C)C[C@H](NC(=O)[C@H](Cc1ccccc1)NC(=O)[C@@H](N)C(C)C)C(=O)O. The highest BCUT2D eigenvalue weighted by Gasteiger charge is 2.29. The molecule has 7 heteroatoms. The fraction of sp³-hybridized carbons (Fsp3) is 0.550. The number of carboxylic acid groups (broad SMARTS) is 1. The second-order valence-electron chi connectivity index (χ2n) is 7.55. The Balaban J connectivity index is 2.95. The van der Waals surface area contributed by atoms with Gasteiger partial charge in [0.25, 0.3) is 0 Å². The summed E-state index contributed by atoms with van der Waals surface area (Å²) in [5.41, 5.74) is 6.73. The summed E-state index contributed by atoms with van der Waals surface area (Å²) in [6.45, 7) is 7.40. The van der Waals surface area contributed by atoms with Crippen molar-refractivity contribution in [1.29, 1.82) is 0 Å². The van der Waals surface area contributed by atoms with Gasteiger partial charge in [-0.05, 0) is 23.8 Å². The summed E-state index contributed by atoms with van der Waals surface area (Å²) < 4.78 is 0. The van der Waals surface area contributed by atoms with E-state index in [0.717, 1.165) is 5.56 Å². The maximum Gasteiger partial charge on any atom is 0.326 e. The van der Waals surface area contributed by atoms with Crippen LogP contribution >= 0.6 is 0 Å². The highest BCUT2D eigenvalue weighted by atomic mass is 16.4. The lowest BCUT2D eigenvalue weighted by Gasteiger charge is -2.24. The molecule has 0 saturated carbocycles. The molecule has 0 radical (unpaired) electrons. The van der Waals surface area contributed by atoms with Crippen molar-refractivity contribution in [1.82, 2.24) is 10.6 Å². The van der Waals surface area contributed by atoms with Gasteiger partial charge in [-0.2, -0.15) is 0 Å². The minimum absolute atomic E-state index is 0.0851. The molecule has 5 N–H and O–H groups in total. The van der Waals surface area contributed by atoms with Crippen molar-refractivity contribution in [3.05, 3.63) is 35.9 Å². The van der Waals surface area contributed by atoms with Crippen LogP contribution in [0.4, 0.5) is 0 Å². The third kappa shape index (κ3) is 7.78. The Morgan fingerprint density at radius 1 is 0.963 bits per heavy atom. The van der Waals surface area contributed by atoms with E-state index in [9.17, 15) is 19.5 Å². The van der Waals surface area contributed by atoms with Crippen molar-refractivity contribution in [2.45, 2.75) is 58.7 Å². The number of carbonyl (C=O) groups is 3. The number of hydrogen-bond donors (Lipinski definition) is 4. The first-order chi connectivity index (χ1) is 12.6. The fourth-order valence-corrected chi connectivity index (χ4v) is 2.59. The quantitative estimate of drug-likeness (QED) is 0.490. The molecule has 0 unspecified atom stereocenters. The number of nitrogens with two attached hydrogens (primary N) is 1. The number of carbonyl (C=O) groups excluding carboxylic acids is 2. The number of amides is 2. The van der Waals surface area contributed by atoms with E-state index in [2.05, 4.69) is 10.6 Å². The van der Waals surface area contributed by atoms with Gasteiger partial charge < -0.3 is 21.5 Å². The first-order valence-corrected chi connectivity index (χ1v) is 9.24. The molecule has 7 nitrogen and oxygen atoms in total. The van der Waals surface area contributed by atoms with E-state index in [0.29, 0.717) is 6.42 Å². The smallest absolute Gasteiger partial charge is 0.326 e. The molecule has 150 valence electrons. The van der Waals surface area contributed by atoms with Gasteiger partial charge in [-0.25, -0.2) is 4.79 Å². The van der Waals surface area contributed by atoms with E-state index in [1.165, 1.54) is 0 Å². The van der Waals surface area contributed by atoms with Crippen LogP contribution in [0.25, 0.3) is 0 Å². The minimum atomic E-state index is -1.10. The van der Waals surface area contributed by atoms with Crippen LogP contribution in [0.2, 0.25) is 0 Å². The van der Waals surface area contributed by atoms with Gasteiger partial charge in [0.1, 0.15) is 12.1 Å². The van der Waals surface area contributed by atoms with Gasteiger partial charge in [0.15, 0.2) is 0 Å². The van der Waals surface area contributed by atoms with Crippen molar-refractivity contribution in [2.75, 3.05) is 0 Å². The van der Waals surface area contributed by atoms with Crippen molar-refractivity contribution in [2.24, 2.45) is 17.6 Å². The van der Waals surface area contributed by atoms with Gasteiger partial charge in [0.2, 0.25) is 11.8 Å². The predicted octanol–water partition coefficient (Wildman–Crippen LogP) is 1.31. The topological polar surface area (TPSA) is 122 Å². The van der Waals surface area contributed by atoms with E-state index in [4.69, 9.17) is 5.73 Å². The number of rotatable bonds is 10. The molecule has 0 spiro atoms. The molecule has 0 aliphatic heterocycles. The number of nitrogens with one attached hydrogen (secondary N) is 2. The van der Waals surface area contributed by atoms with Crippen LogP contribution in [0.15, 0.2) is 30.3 Å². The highest BCUT2D eigenvalue weighted by molar-refractivity contribution is 5.92. The lowest BCUT2D eigenvalue weighted by atomic mass is 10.0. The molecule has 3 atom stereocenters. The van der Waals surface area contributed by atoms with E-state index in [-0.39, 0.29) is 18.3 Å². The first-order valence-electron chi connectivity index (χ1n) is 9.24. The number of aliphatic carboxylic acids is 1. The Morgan fingerprint density at radius 3 is 2.00 bits per heavy atom. The molecule has 1 aromatic rings. The third-order valence-electron chi connectivity index (χ3n) is 4.26. The summed E-state index contributed by atoms with van der Waals surface area (Å²) in [7, 11) is 0. The summed E-state index contributed by atoms with van der Waals surface area (Å²) in [5.74, 6) is -2.05. The van der Waals surface area contributed by atoms with Gasteiger partial charge in [-0.3, -0.25) is 9.59 Å². The average Bonchev–Trinajstić information content (AvgIpc) is 2.59. The number of carboxylic acids is 1. The van der Waals surface area contributed by atoms with Crippen LogP contribution in [0.5, 0.6) is 0 Å². The Hall–Kier alpha value is -2.41. The summed E-state index contributed by atoms with van der Waals surface area (Å²) in [5, 5.41) is 14.6. The monoisotopic (exact) mass is 377 g/mol. The summed E-state index contributed by atoms with van der Waals surface area (Å²) in [6.07, 6.45) is 0.551. The van der Waals surface area contributed by atoms with Gasteiger partial charge in [-0.15, -0.1) is 0 Å². The summed E-state index contributed by atoms with van der Waals surface area (Å²) in [4.78, 5) is 36.5. The number of benzene rings is 1. The second-order valence-corrected chi connectivity index (χ2v) is 7.55. The molecule has 0 saturated heterocycles. The molecular formula is C20H31N3O4. The Morgan fingerprint density at radius 2 is 1.52 bits per heavy atom. The summed E-state index contributed by atoms with van der Waals surface area (Å²) in [6, 6.07) is 6.56. The van der Waals surface area contributed by atoms with Crippen molar-refractivity contribution < 1.29 is 19.5 Å². The molecule has 0 aliphatic rings. The zero-order valence-electron chi connectivity index (χ0n) is 16.4. The van der Waals surface area contributed by atoms with Gasteiger partial charge in [0.05, 0.1) is 6.04 Å². The zero-order valence-corrected chi connectivity index (χ0v) is 16.4. The third-order valence-corrected chi connectivity index (χ3v) is 4.26. The molecule has 1 rings (SSSR count). The molecule has 1 aromatic carbocycles. The predicted molar refractivity (Wildman–Crippen MR) is 104 cm³/mol.